The molecule has 0 saturated carbocycles. The number of hydrogen-bond acceptors (Lipinski definition) is 5. The molecule has 17 heavy (non-hydrogen) atoms. The van der Waals surface area contributed by atoms with Gasteiger partial charge in [-0.15, -0.1) is 12.4 Å². The van der Waals surface area contributed by atoms with Crippen LogP contribution in [0.1, 0.15) is 0 Å². The smallest absolute Gasteiger partial charge is 0.262 e. The van der Waals surface area contributed by atoms with Crippen LogP contribution in [0.15, 0.2) is 28.8 Å². The van der Waals surface area contributed by atoms with Crippen LogP contribution >= 0.6 is 12.4 Å². The van der Waals surface area contributed by atoms with Crippen molar-refractivity contribution in [3.05, 3.63) is 24.3 Å². The van der Waals surface area contributed by atoms with E-state index in [1.807, 2.05) is 24.3 Å². The Kier molecular flexibility index (Phi) is 5.21. The Morgan fingerprint density at radius 3 is 2.88 bits per heavy atom. The summed E-state index contributed by atoms with van der Waals surface area (Å²) in [6, 6.07) is 7.35. The second-order valence-corrected chi connectivity index (χ2v) is 3.51. The summed E-state index contributed by atoms with van der Waals surface area (Å²) < 4.78 is 15.5. The van der Waals surface area contributed by atoms with E-state index in [0.29, 0.717) is 24.7 Å². The first kappa shape index (κ1) is 13.8. The summed E-state index contributed by atoms with van der Waals surface area (Å²) in [5.41, 5.74) is 6.44. The van der Waals surface area contributed by atoms with Gasteiger partial charge < -0.3 is 19.7 Å². The van der Waals surface area contributed by atoms with E-state index in [0.717, 1.165) is 5.39 Å². The number of aromatic nitrogens is 1. The van der Waals surface area contributed by atoms with E-state index in [1.54, 1.807) is 7.11 Å². The zero-order valence-corrected chi connectivity index (χ0v) is 10.3. The van der Waals surface area contributed by atoms with Gasteiger partial charge in [0, 0.05) is 7.11 Å². The molecule has 0 bridgehead atoms. The second-order valence-electron chi connectivity index (χ2n) is 3.51. The van der Waals surface area contributed by atoms with Crippen molar-refractivity contribution in [2.45, 2.75) is 6.04 Å². The molecule has 1 heterocycles. The highest BCUT2D eigenvalue weighted by Crippen LogP contribution is 2.23. The molecule has 94 valence electrons. The number of methoxy groups -OCH3 is 1. The van der Waals surface area contributed by atoms with Crippen molar-refractivity contribution in [2.24, 2.45) is 5.73 Å². The molecule has 1 aromatic carbocycles. The van der Waals surface area contributed by atoms with Crippen LogP contribution in [0.2, 0.25) is 0 Å². The normalized spacial score (nSPS) is 12.1. The minimum Gasteiger partial charge on any atom is -0.473 e. The van der Waals surface area contributed by atoms with Crippen molar-refractivity contribution in [1.29, 1.82) is 0 Å². The van der Waals surface area contributed by atoms with E-state index in [-0.39, 0.29) is 18.4 Å². The molecular formula is C11H15ClN2O3. The maximum atomic E-state index is 5.74. The predicted octanol–water partition coefficient (Wildman–Crippen LogP) is 1.60. The van der Waals surface area contributed by atoms with Gasteiger partial charge in [-0.1, -0.05) is 12.1 Å². The van der Waals surface area contributed by atoms with Gasteiger partial charge in [-0.25, -0.2) is 0 Å². The largest absolute Gasteiger partial charge is 0.473 e. The van der Waals surface area contributed by atoms with Crippen LogP contribution in [-0.2, 0) is 4.74 Å². The van der Waals surface area contributed by atoms with Gasteiger partial charge in [0.15, 0.2) is 5.58 Å². The van der Waals surface area contributed by atoms with Crippen molar-refractivity contribution in [3.63, 3.8) is 0 Å². The molecule has 0 amide bonds. The molecule has 0 radical (unpaired) electrons. The number of nitrogens with zero attached hydrogens (tertiary/aromatic N) is 1. The molecule has 0 spiro atoms. The highest BCUT2D eigenvalue weighted by atomic mass is 35.5. The first-order valence-electron chi connectivity index (χ1n) is 5.03. The van der Waals surface area contributed by atoms with Crippen molar-refractivity contribution < 1.29 is 14.0 Å². The van der Waals surface area contributed by atoms with E-state index >= 15 is 0 Å². The fourth-order valence-electron chi connectivity index (χ4n) is 1.41. The standard InChI is InChI=1S/C11H14N2O3.ClH/c1-14-6-8(12)7-15-11-9-4-2-3-5-10(9)16-13-11;/h2-5,8H,6-7,12H2,1H3;1H. The molecule has 1 unspecified atom stereocenters. The minimum absolute atomic E-state index is 0. The van der Waals surface area contributed by atoms with Gasteiger partial charge in [0.25, 0.3) is 5.88 Å². The first-order chi connectivity index (χ1) is 7.81. The van der Waals surface area contributed by atoms with Crippen molar-refractivity contribution >= 4 is 23.4 Å². The Morgan fingerprint density at radius 1 is 1.35 bits per heavy atom. The number of para-hydroxylation sites is 1. The summed E-state index contributed by atoms with van der Waals surface area (Å²) in [7, 11) is 1.60. The van der Waals surface area contributed by atoms with Crippen LogP contribution in [0.4, 0.5) is 0 Å². The van der Waals surface area contributed by atoms with Gasteiger partial charge in [-0.3, -0.25) is 0 Å². The highest BCUT2D eigenvalue weighted by Gasteiger charge is 2.10. The molecule has 0 fully saturated rings. The molecule has 5 nitrogen and oxygen atoms in total. The van der Waals surface area contributed by atoms with Crippen LogP contribution in [-0.4, -0.2) is 31.5 Å². The molecule has 2 rings (SSSR count). The monoisotopic (exact) mass is 258 g/mol. The fraction of sp³-hybridized carbons (Fsp3) is 0.364. The summed E-state index contributed by atoms with van der Waals surface area (Å²) in [6.45, 7) is 0.806. The zero-order valence-electron chi connectivity index (χ0n) is 9.46. The maximum Gasteiger partial charge on any atom is 0.262 e. The molecule has 2 aromatic rings. The summed E-state index contributed by atoms with van der Waals surface area (Å²) >= 11 is 0. The number of benzene rings is 1. The number of halogens is 1. The lowest BCUT2D eigenvalue weighted by Crippen LogP contribution is -2.32. The van der Waals surface area contributed by atoms with Gasteiger partial charge >= 0.3 is 0 Å². The van der Waals surface area contributed by atoms with Crippen LogP contribution < -0.4 is 10.5 Å². The van der Waals surface area contributed by atoms with Crippen LogP contribution in [0.25, 0.3) is 11.0 Å². The van der Waals surface area contributed by atoms with Gasteiger partial charge in [0.2, 0.25) is 0 Å². The maximum absolute atomic E-state index is 5.74. The summed E-state index contributed by atoms with van der Waals surface area (Å²) in [5.74, 6) is 0.474. The number of rotatable bonds is 5. The first-order valence-corrected chi connectivity index (χ1v) is 5.03. The van der Waals surface area contributed by atoms with Crippen molar-refractivity contribution in [3.8, 4) is 5.88 Å². The van der Waals surface area contributed by atoms with Gasteiger partial charge in [0.05, 0.1) is 18.0 Å². The van der Waals surface area contributed by atoms with E-state index in [1.165, 1.54) is 0 Å². The number of hydrogen-bond donors (Lipinski definition) is 1. The van der Waals surface area contributed by atoms with E-state index in [4.69, 9.17) is 19.7 Å². The van der Waals surface area contributed by atoms with E-state index < -0.39 is 0 Å². The lowest BCUT2D eigenvalue weighted by atomic mass is 10.3. The van der Waals surface area contributed by atoms with Gasteiger partial charge in [0.1, 0.15) is 6.61 Å². The Bertz CT molecular complexity index is 461. The lowest BCUT2D eigenvalue weighted by molar-refractivity contribution is 0.149. The number of ether oxygens (including phenoxy) is 2. The SMILES string of the molecule is COCC(N)COc1noc2ccccc12.Cl. The number of fused-ring (bicyclic) bond motifs is 1. The molecule has 1 atom stereocenters. The molecule has 0 aliphatic heterocycles. The molecule has 0 saturated heterocycles. The molecule has 0 aliphatic rings. The summed E-state index contributed by atoms with van der Waals surface area (Å²) in [4.78, 5) is 0. The molecule has 0 aliphatic carbocycles. The van der Waals surface area contributed by atoms with E-state index in [9.17, 15) is 0 Å². The van der Waals surface area contributed by atoms with Crippen LogP contribution in [0, 0.1) is 0 Å². The van der Waals surface area contributed by atoms with Gasteiger partial charge in [-0.05, 0) is 17.3 Å². The third-order valence-electron chi connectivity index (χ3n) is 2.16. The third kappa shape index (κ3) is 3.33. The summed E-state index contributed by atoms with van der Waals surface area (Å²) in [5, 5.41) is 4.69. The van der Waals surface area contributed by atoms with Crippen LogP contribution in [0.5, 0.6) is 5.88 Å². The van der Waals surface area contributed by atoms with Crippen molar-refractivity contribution in [1.82, 2.24) is 5.16 Å². The summed E-state index contributed by atoms with van der Waals surface area (Å²) in [6.07, 6.45) is 0. The third-order valence-corrected chi connectivity index (χ3v) is 2.16. The Labute approximate surface area is 105 Å². The zero-order chi connectivity index (χ0) is 11.4. The molecular weight excluding hydrogens is 244 g/mol. The predicted molar refractivity (Wildman–Crippen MR) is 66.6 cm³/mol. The average molecular weight is 259 g/mol. The lowest BCUT2D eigenvalue weighted by Gasteiger charge is -2.09. The Balaban J connectivity index is 0.00000144. The topological polar surface area (TPSA) is 70.5 Å². The van der Waals surface area contributed by atoms with E-state index in [2.05, 4.69) is 5.16 Å². The van der Waals surface area contributed by atoms with Crippen molar-refractivity contribution in [2.75, 3.05) is 20.3 Å². The average Bonchev–Trinajstić information content (AvgIpc) is 2.70. The second kappa shape index (κ2) is 6.44. The quantitative estimate of drug-likeness (QED) is 0.882. The molecule has 2 N–H and O–H groups in total. The van der Waals surface area contributed by atoms with Crippen LogP contribution in [0.3, 0.4) is 0 Å². The van der Waals surface area contributed by atoms with Gasteiger partial charge in [-0.2, -0.15) is 0 Å². The molecule has 6 heteroatoms. The number of nitrogens with two attached hydrogens (primary N) is 1. The Hall–Kier alpha value is -1.30. The fourth-order valence-corrected chi connectivity index (χ4v) is 1.41. The Morgan fingerprint density at radius 2 is 2.12 bits per heavy atom. The molecule has 1 aromatic heterocycles. The minimum atomic E-state index is -0.166. The highest BCUT2D eigenvalue weighted by molar-refractivity contribution is 5.85.